The molecule has 0 fully saturated rings. The highest BCUT2D eigenvalue weighted by molar-refractivity contribution is 5.78. The van der Waals surface area contributed by atoms with Gasteiger partial charge in [-0.1, -0.05) is 11.6 Å². The van der Waals surface area contributed by atoms with Crippen molar-refractivity contribution in [2.45, 2.75) is 13.0 Å². The molecule has 1 unspecified atom stereocenters. The fourth-order valence-electron chi connectivity index (χ4n) is 1.95. The van der Waals surface area contributed by atoms with E-state index in [4.69, 9.17) is 14.6 Å². The minimum Gasteiger partial charge on any atom is -0.467 e. The fourth-order valence-corrected chi connectivity index (χ4v) is 1.95. The second-order valence-corrected chi connectivity index (χ2v) is 4.18. The van der Waals surface area contributed by atoms with Crippen LogP contribution in [0, 0.1) is 6.92 Å². The van der Waals surface area contributed by atoms with Crippen LogP contribution in [0.1, 0.15) is 23.1 Å². The molecule has 2 aromatic heterocycles. The second-order valence-electron chi connectivity index (χ2n) is 4.18. The standard InChI is InChI=1S/C14H13NO2/c1-9-4-5-11-10(7-9)8-13(17-11)14(15)12-3-2-6-16-12/h2-8,14H,15H2,1H3. The summed E-state index contributed by atoms with van der Waals surface area (Å²) >= 11 is 0. The highest BCUT2D eigenvalue weighted by Crippen LogP contribution is 2.27. The zero-order valence-electron chi connectivity index (χ0n) is 9.51. The van der Waals surface area contributed by atoms with Crippen LogP contribution in [0.2, 0.25) is 0 Å². The van der Waals surface area contributed by atoms with E-state index in [1.165, 1.54) is 5.56 Å². The second kappa shape index (κ2) is 3.79. The average molecular weight is 227 g/mol. The van der Waals surface area contributed by atoms with Crippen LogP contribution in [-0.4, -0.2) is 0 Å². The van der Waals surface area contributed by atoms with Crippen molar-refractivity contribution in [2.75, 3.05) is 0 Å². The van der Waals surface area contributed by atoms with Crippen LogP contribution in [0.5, 0.6) is 0 Å². The molecule has 0 radical (unpaired) electrons. The molecule has 17 heavy (non-hydrogen) atoms. The number of nitrogens with two attached hydrogens (primary N) is 1. The van der Waals surface area contributed by atoms with Crippen molar-refractivity contribution in [1.82, 2.24) is 0 Å². The number of hydrogen-bond acceptors (Lipinski definition) is 3. The minimum absolute atomic E-state index is 0.349. The molecule has 0 spiro atoms. The SMILES string of the molecule is Cc1ccc2oc(C(N)c3ccco3)cc2c1. The molecule has 3 aromatic rings. The molecule has 0 bridgehead atoms. The van der Waals surface area contributed by atoms with E-state index in [9.17, 15) is 0 Å². The topological polar surface area (TPSA) is 52.3 Å². The summed E-state index contributed by atoms with van der Waals surface area (Å²) < 4.78 is 11.0. The minimum atomic E-state index is -0.349. The molecular weight excluding hydrogens is 214 g/mol. The summed E-state index contributed by atoms with van der Waals surface area (Å²) in [5.41, 5.74) is 8.13. The highest BCUT2D eigenvalue weighted by atomic mass is 16.4. The van der Waals surface area contributed by atoms with E-state index in [-0.39, 0.29) is 6.04 Å². The van der Waals surface area contributed by atoms with Crippen LogP contribution in [0.3, 0.4) is 0 Å². The van der Waals surface area contributed by atoms with E-state index in [0.717, 1.165) is 16.7 Å². The smallest absolute Gasteiger partial charge is 0.134 e. The predicted molar refractivity (Wildman–Crippen MR) is 65.7 cm³/mol. The Labute approximate surface area is 98.8 Å². The predicted octanol–water partition coefficient (Wildman–Crippen LogP) is 3.38. The quantitative estimate of drug-likeness (QED) is 0.730. The third-order valence-electron chi connectivity index (χ3n) is 2.85. The number of benzene rings is 1. The lowest BCUT2D eigenvalue weighted by Gasteiger charge is -2.03. The van der Waals surface area contributed by atoms with Crippen molar-refractivity contribution in [3.05, 3.63) is 59.7 Å². The van der Waals surface area contributed by atoms with Gasteiger partial charge in [0.05, 0.1) is 6.26 Å². The Morgan fingerprint density at radius 1 is 1.12 bits per heavy atom. The first kappa shape index (κ1) is 10.2. The summed E-state index contributed by atoms with van der Waals surface area (Å²) in [5.74, 6) is 1.43. The first-order valence-electron chi connectivity index (χ1n) is 5.53. The third-order valence-corrected chi connectivity index (χ3v) is 2.85. The molecule has 0 aliphatic rings. The molecule has 0 aliphatic heterocycles. The van der Waals surface area contributed by atoms with Crippen molar-refractivity contribution in [1.29, 1.82) is 0 Å². The third kappa shape index (κ3) is 1.74. The van der Waals surface area contributed by atoms with Gasteiger partial charge in [-0.05, 0) is 37.3 Å². The summed E-state index contributed by atoms with van der Waals surface area (Å²) in [4.78, 5) is 0. The molecule has 1 atom stereocenters. The van der Waals surface area contributed by atoms with Crippen LogP contribution in [0.4, 0.5) is 0 Å². The van der Waals surface area contributed by atoms with Crippen LogP contribution >= 0.6 is 0 Å². The molecule has 0 saturated carbocycles. The number of fused-ring (bicyclic) bond motifs is 1. The van der Waals surface area contributed by atoms with Gasteiger partial charge < -0.3 is 14.6 Å². The molecule has 0 saturated heterocycles. The van der Waals surface area contributed by atoms with E-state index >= 15 is 0 Å². The summed E-state index contributed by atoms with van der Waals surface area (Å²) in [6, 6.07) is 11.4. The van der Waals surface area contributed by atoms with E-state index in [1.807, 2.05) is 30.3 Å². The maximum Gasteiger partial charge on any atom is 0.134 e. The first-order valence-corrected chi connectivity index (χ1v) is 5.53. The lowest BCUT2D eigenvalue weighted by Crippen LogP contribution is -2.09. The van der Waals surface area contributed by atoms with Gasteiger partial charge in [0.2, 0.25) is 0 Å². The molecule has 86 valence electrons. The molecule has 3 nitrogen and oxygen atoms in total. The van der Waals surface area contributed by atoms with Gasteiger partial charge in [0.15, 0.2) is 0 Å². The Hall–Kier alpha value is -2.00. The van der Waals surface area contributed by atoms with Gasteiger partial charge >= 0.3 is 0 Å². The van der Waals surface area contributed by atoms with Crippen molar-refractivity contribution in [3.63, 3.8) is 0 Å². The fraction of sp³-hybridized carbons (Fsp3) is 0.143. The maximum absolute atomic E-state index is 6.08. The first-order chi connectivity index (χ1) is 8.24. The van der Waals surface area contributed by atoms with Gasteiger partial charge in [-0.2, -0.15) is 0 Å². The summed E-state index contributed by atoms with van der Waals surface area (Å²) in [6.07, 6.45) is 1.61. The number of rotatable bonds is 2. The van der Waals surface area contributed by atoms with Crippen LogP contribution in [0.15, 0.2) is 51.5 Å². The summed E-state index contributed by atoms with van der Waals surface area (Å²) in [7, 11) is 0. The van der Waals surface area contributed by atoms with Crippen molar-refractivity contribution >= 4 is 11.0 Å². The van der Waals surface area contributed by atoms with Gasteiger partial charge in [-0.15, -0.1) is 0 Å². The van der Waals surface area contributed by atoms with Gasteiger partial charge in [-0.3, -0.25) is 0 Å². The van der Waals surface area contributed by atoms with Crippen molar-refractivity contribution in [2.24, 2.45) is 5.73 Å². The van der Waals surface area contributed by atoms with E-state index in [1.54, 1.807) is 6.26 Å². The zero-order chi connectivity index (χ0) is 11.8. The Balaban J connectivity index is 2.06. The Morgan fingerprint density at radius 2 is 2.00 bits per heavy atom. The van der Waals surface area contributed by atoms with Gasteiger partial charge in [0.1, 0.15) is 23.1 Å². The maximum atomic E-state index is 6.08. The lowest BCUT2D eigenvalue weighted by atomic mass is 10.1. The van der Waals surface area contributed by atoms with E-state index in [2.05, 4.69) is 13.0 Å². The molecule has 3 rings (SSSR count). The van der Waals surface area contributed by atoms with Crippen molar-refractivity contribution in [3.8, 4) is 0 Å². The van der Waals surface area contributed by atoms with Crippen LogP contribution in [0.25, 0.3) is 11.0 Å². The van der Waals surface area contributed by atoms with E-state index in [0.29, 0.717) is 5.76 Å². The molecule has 1 aromatic carbocycles. The Bertz CT molecular complexity index is 637. The monoisotopic (exact) mass is 227 g/mol. The molecule has 0 amide bonds. The lowest BCUT2D eigenvalue weighted by molar-refractivity contribution is 0.445. The largest absolute Gasteiger partial charge is 0.467 e. The van der Waals surface area contributed by atoms with Gasteiger partial charge in [-0.25, -0.2) is 0 Å². The zero-order valence-corrected chi connectivity index (χ0v) is 9.51. The average Bonchev–Trinajstić information content (AvgIpc) is 2.96. The number of hydrogen-bond donors (Lipinski definition) is 1. The number of aryl methyl sites for hydroxylation is 1. The summed E-state index contributed by atoms with van der Waals surface area (Å²) in [5, 5.41) is 1.07. The molecule has 2 N–H and O–H groups in total. The highest BCUT2D eigenvalue weighted by Gasteiger charge is 2.16. The summed E-state index contributed by atoms with van der Waals surface area (Å²) in [6.45, 7) is 2.05. The molecule has 2 heterocycles. The van der Waals surface area contributed by atoms with Crippen LogP contribution in [-0.2, 0) is 0 Å². The van der Waals surface area contributed by atoms with Crippen molar-refractivity contribution < 1.29 is 8.83 Å². The normalized spacial score (nSPS) is 13.1. The molecule has 3 heteroatoms. The molecular formula is C14H13NO2. The Morgan fingerprint density at radius 3 is 2.76 bits per heavy atom. The Kier molecular flexibility index (Phi) is 2.27. The van der Waals surface area contributed by atoms with Gasteiger partial charge in [0.25, 0.3) is 0 Å². The van der Waals surface area contributed by atoms with Crippen LogP contribution < -0.4 is 5.73 Å². The van der Waals surface area contributed by atoms with E-state index < -0.39 is 0 Å². The number of furan rings is 2. The van der Waals surface area contributed by atoms with Gasteiger partial charge in [0, 0.05) is 5.39 Å². The molecule has 0 aliphatic carbocycles.